The molecule has 8 nitrogen and oxygen atoms in total. The molecular formula is C31H39N3O5S. The molecule has 1 saturated carbocycles. The van der Waals surface area contributed by atoms with Crippen molar-refractivity contribution in [2.45, 2.75) is 83.3 Å². The van der Waals surface area contributed by atoms with Crippen molar-refractivity contribution in [3.8, 4) is 15.5 Å². The smallest absolute Gasteiger partial charge is 0.399 e. The predicted molar refractivity (Wildman–Crippen MR) is 154 cm³/mol. The number of rotatable bonds is 8. The number of hydrogen-bond acceptors (Lipinski definition) is 6. The van der Waals surface area contributed by atoms with Gasteiger partial charge in [-0.1, -0.05) is 74.8 Å². The minimum Gasteiger partial charge on any atom is -0.399 e. The number of carbonyl (C=O) groups excluding carboxylic acids is 4. The molecule has 3 heterocycles. The summed E-state index contributed by atoms with van der Waals surface area (Å²) in [7, 11) is 0. The lowest BCUT2D eigenvalue weighted by Gasteiger charge is -2.29. The number of nitrogens with one attached hydrogen (secondary N) is 1. The first-order valence-electron chi connectivity index (χ1n) is 14.6. The zero-order valence-electron chi connectivity index (χ0n) is 23.3. The highest BCUT2D eigenvalue weighted by atomic mass is 32.1. The number of nitrogens with zero attached hydrogens (tertiary/aromatic N) is 2. The molecule has 3 unspecified atom stereocenters. The van der Waals surface area contributed by atoms with Gasteiger partial charge in [0.1, 0.15) is 12.1 Å². The van der Waals surface area contributed by atoms with Gasteiger partial charge in [0.25, 0.3) is 0 Å². The van der Waals surface area contributed by atoms with Gasteiger partial charge in [0.15, 0.2) is 10.8 Å². The summed E-state index contributed by atoms with van der Waals surface area (Å²) >= 11 is 1.36. The lowest BCUT2D eigenvalue weighted by Crippen LogP contribution is -2.53. The number of likely N-dealkylation sites (tertiary alicyclic amines) is 2. The minimum atomic E-state index is -0.820. The summed E-state index contributed by atoms with van der Waals surface area (Å²) in [5, 5.41) is 3.20. The zero-order chi connectivity index (χ0) is 28.2. The Bertz CT molecular complexity index is 1220. The highest BCUT2D eigenvalue weighted by molar-refractivity contribution is 7.17. The van der Waals surface area contributed by atoms with E-state index in [1.54, 1.807) is 15.9 Å². The first-order chi connectivity index (χ1) is 19.3. The van der Waals surface area contributed by atoms with E-state index in [1.807, 2.05) is 50.2 Å². The predicted octanol–water partition coefficient (Wildman–Crippen LogP) is 5.27. The number of ketones is 1. The van der Waals surface area contributed by atoms with Gasteiger partial charge in [-0.15, -0.1) is 0 Å². The Morgan fingerprint density at radius 2 is 1.75 bits per heavy atom. The summed E-state index contributed by atoms with van der Waals surface area (Å²) in [5.41, 5.74) is 1.03. The summed E-state index contributed by atoms with van der Waals surface area (Å²) < 4.78 is 5.55. The highest BCUT2D eigenvalue weighted by Gasteiger charge is 2.52. The Labute approximate surface area is 240 Å². The van der Waals surface area contributed by atoms with E-state index in [-0.39, 0.29) is 36.1 Å². The molecule has 1 aliphatic carbocycles. The summed E-state index contributed by atoms with van der Waals surface area (Å²) in [6.07, 6.45) is 6.50. The lowest BCUT2D eigenvalue weighted by atomic mass is 9.86. The van der Waals surface area contributed by atoms with Crippen LogP contribution in [-0.4, -0.2) is 64.7 Å². The van der Waals surface area contributed by atoms with Crippen LogP contribution in [0.5, 0.6) is 5.06 Å². The topological polar surface area (TPSA) is 96.0 Å². The molecule has 2 aliphatic heterocycles. The number of amides is 3. The van der Waals surface area contributed by atoms with Crippen LogP contribution in [-0.2, 0) is 14.4 Å². The quantitative estimate of drug-likeness (QED) is 0.471. The van der Waals surface area contributed by atoms with E-state index >= 15 is 0 Å². The molecule has 0 radical (unpaired) electrons. The van der Waals surface area contributed by atoms with Crippen molar-refractivity contribution in [1.29, 1.82) is 0 Å². The van der Waals surface area contributed by atoms with Crippen molar-refractivity contribution in [3.63, 3.8) is 0 Å². The average molecular weight is 566 g/mol. The van der Waals surface area contributed by atoms with Gasteiger partial charge >= 0.3 is 6.09 Å². The number of fused-ring (bicyclic) bond motifs is 1. The number of Topliss-reactive ketones (excluding diaryl/α,β-unsaturated/α-hetero) is 1. The van der Waals surface area contributed by atoms with E-state index < -0.39 is 18.2 Å². The van der Waals surface area contributed by atoms with Crippen LogP contribution in [0, 0.1) is 11.8 Å². The Balaban J connectivity index is 1.22. The van der Waals surface area contributed by atoms with Gasteiger partial charge in [0.05, 0.1) is 12.6 Å². The summed E-state index contributed by atoms with van der Waals surface area (Å²) in [5.74, 6) is 0.183. The van der Waals surface area contributed by atoms with E-state index in [0.29, 0.717) is 36.8 Å². The molecule has 40 heavy (non-hydrogen) atoms. The standard InChI is InChI=1S/C31H39N3O5S/c1-20(2)17-23(32-31(38)39-28-14-13-26(40-28)22-11-7-4-8-12-22)30(37)33-16-15-24-29(33)25(35)19-34(24)27(36)18-21-9-5-3-6-10-21/h4,7-8,11-14,20-21,23-24,29H,3,5-6,9-10,15-19H2,1-2H3,(H,32,38). The number of ether oxygens (including phenoxy) is 1. The summed E-state index contributed by atoms with van der Waals surface area (Å²) in [6, 6.07) is 11.7. The molecule has 1 aromatic heterocycles. The van der Waals surface area contributed by atoms with Gasteiger partial charge in [-0.05, 0) is 55.2 Å². The average Bonchev–Trinajstić information content (AvgIpc) is 3.66. The Morgan fingerprint density at radius 3 is 2.48 bits per heavy atom. The molecular weight excluding hydrogens is 526 g/mol. The molecule has 1 aromatic carbocycles. The second-order valence-corrected chi connectivity index (χ2v) is 12.8. The maximum absolute atomic E-state index is 13.7. The Morgan fingerprint density at radius 1 is 1.00 bits per heavy atom. The largest absolute Gasteiger partial charge is 0.414 e. The van der Waals surface area contributed by atoms with Crippen molar-refractivity contribution in [3.05, 3.63) is 42.5 Å². The maximum Gasteiger partial charge on any atom is 0.414 e. The van der Waals surface area contributed by atoms with E-state index in [4.69, 9.17) is 4.74 Å². The molecule has 3 atom stereocenters. The van der Waals surface area contributed by atoms with Gasteiger partial charge in [0, 0.05) is 17.8 Å². The van der Waals surface area contributed by atoms with Gasteiger partial charge in [0.2, 0.25) is 11.8 Å². The summed E-state index contributed by atoms with van der Waals surface area (Å²) in [6.45, 7) is 4.43. The maximum atomic E-state index is 13.7. The van der Waals surface area contributed by atoms with Crippen LogP contribution in [0.1, 0.15) is 65.2 Å². The molecule has 3 amide bonds. The van der Waals surface area contributed by atoms with Crippen LogP contribution in [0.25, 0.3) is 10.4 Å². The molecule has 0 spiro atoms. The fourth-order valence-corrected chi connectivity index (χ4v) is 7.29. The first-order valence-corrected chi connectivity index (χ1v) is 15.4. The van der Waals surface area contributed by atoms with Crippen molar-refractivity contribution >= 4 is 35.0 Å². The normalized spacial score (nSPS) is 21.9. The van der Waals surface area contributed by atoms with Crippen LogP contribution >= 0.6 is 11.3 Å². The van der Waals surface area contributed by atoms with Crippen LogP contribution in [0.4, 0.5) is 4.79 Å². The van der Waals surface area contributed by atoms with Gasteiger partial charge < -0.3 is 19.9 Å². The third kappa shape index (κ3) is 6.40. The zero-order valence-corrected chi connectivity index (χ0v) is 24.2. The SMILES string of the molecule is CC(C)CC(NC(=O)Oc1ccc(-c2ccccc2)s1)C(=O)N1CCC2C1C(=O)CN2C(=O)CC1CCCCC1. The van der Waals surface area contributed by atoms with E-state index in [9.17, 15) is 19.2 Å². The van der Waals surface area contributed by atoms with Gasteiger partial charge in [-0.25, -0.2) is 4.79 Å². The number of benzene rings is 1. The molecule has 5 rings (SSSR count). The summed E-state index contributed by atoms with van der Waals surface area (Å²) in [4.78, 5) is 57.2. The number of carbonyl (C=O) groups is 4. The second-order valence-electron chi connectivity index (χ2n) is 11.7. The van der Waals surface area contributed by atoms with E-state index in [0.717, 1.165) is 23.3 Å². The van der Waals surface area contributed by atoms with E-state index in [2.05, 4.69) is 5.32 Å². The van der Waals surface area contributed by atoms with Crippen LogP contribution in [0.15, 0.2) is 42.5 Å². The molecule has 2 saturated heterocycles. The monoisotopic (exact) mass is 565 g/mol. The molecule has 9 heteroatoms. The minimum absolute atomic E-state index is 0.0355. The van der Waals surface area contributed by atoms with E-state index in [1.165, 1.54) is 30.6 Å². The van der Waals surface area contributed by atoms with Gasteiger partial charge in [-0.2, -0.15) is 0 Å². The highest BCUT2D eigenvalue weighted by Crippen LogP contribution is 2.35. The molecule has 3 fully saturated rings. The third-order valence-corrected chi connectivity index (χ3v) is 9.36. The molecule has 0 bridgehead atoms. The fraction of sp³-hybridized carbons (Fsp3) is 0.548. The first kappa shape index (κ1) is 28.3. The van der Waals surface area contributed by atoms with Crippen molar-refractivity contribution in [2.24, 2.45) is 11.8 Å². The third-order valence-electron chi connectivity index (χ3n) is 8.34. The number of hydrogen-bond donors (Lipinski definition) is 1. The van der Waals surface area contributed by atoms with Crippen molar-refractivity contribution in [1.82, 2.24) is 15.1 Å². The molecule has 2 aromatic rings. The van der Waals surface area contributed by atoms with Crippen LogP contribution in [0.2, 0.25) is 0 Å². The molecule has 1 N–H and O–H groups in total. The Hall–Kier alpha value is -3.20. The number of thiophene rings is 1. The van der Waals surface area contributed by atoms with Crippen LogP contribution in [0.3, 0.4) is 0 Å². The van der Waals surface area contributed by atoms with Crippen molar-refractivity contribution < 1.29 is 23.9 Å². The lowest BCUT2D eigenvalue weighted by molar-refractivity contribution is -0.138. The van der Waals surface area contributed by atoms with Crippen LogP contribution < -0.4 is 10.1 Å². The van der Waals surface area contributed by atoms with Gasteiger partial charge in [-0.3, -0.25) is 14.4 Å². The molecule has 3 aliphatic rings. The fourth-order valence-electron chi connectivity index (χ4n) is 6.43. The molecule has 214 valence electrons. The Kier molecular flexibility index (Phi) is 8.88. The second kappa shape index (κ2) is 12.5. The van der Waals surface area contributed by atoms with Crippen molar-refractivity contribution in [2.75, 3.05) is 13.1 Å².